The second-order valence-electron chi connectivity index (χ2n) is 12.3. The largest absolute Gasteiger partial charge is 0.465 e. The summed E-state index contributed by atoms with van der Waals surface area (Å²) in [4.78, 5) is 38.2. The van der Waals surface area contributed by atoms with Crippen molar-refractivity contribution in [1.29, 1.82) is 0 Å². The molecule has 0 saturated heterocycles. The van der Waals surface area contributed by atoms with Gasteiger partial charge in [-0.2, -0.15) is 0 Å². The Kier molecular flexibility index (Phi) is 10.7. The van der Waals surface area contributed by atoms with Crippen molar-refractivity contribution in [2.24, 2.45) is 0 Å². The highest BCUT2D eigenvalue weighted by atomic mass is 28.3. The first kappa shape index (κ1) is 31.1. The molecular formula is C30H43NO6Si. The standard InChI is InChI=1S/C30H43NO6Si/c1-29(2,3)37-28(34)31-25(26(32)36-21-23-12-10-9-11-13-23)20-22-14-16-24(17-15-22)30(4,5)27(33)35-18-19-38(6,7)8/h9-17,25H,18-21H2,1-8H3,(H,31,34)/t25-/m0/s1. The summed E-state index contributed by atoms with van der Waals surface area (Å²) in [5, 5.41) is 2.65. The summed E-state index contributed by atoms with van der Waals surface area (Å²) >= 11 is 0. The summed E-state index contributed by atoms with van der Waals surface area (Å²) in [6, 6.07) is 16.7. The van der Waals surface area contributed by atoms with Gasteiger partial charge in [0.2, 0.25) is 0 Å². The molecule has 0 aliphatic carbocycles. The lowest BCUT2D eigenvalue weighted by Crippen LogP contribution is -2.45. The molecule has 0 bridgehead atoms. The van der Waals surface area contributed by atoms with Gasteiger partial charge in [0, 0.05) is 14.5 Å². The number of rotatable bonds is 11. The molecule has 7 nitrogen and oxygen atoms in total. The SMILES string of the molecule is CC(C)(C)OC(=O)N[C@@H](Cc1ccc(C(C)(C)C(=O)OCC[Si](C)(C)C)cc1)C(=O)OCc1ccccc1. The van der Waals surface area contributed by atoms with Gasteiger partial charge in [-0.05, 0) is 57.4 Å². The van der Waals surface area contributed by atoms with E-state index in [4.69, 9.17) is 14.2 Å². The van der Waals surface area contributed by atoms with Crippen LogP contribution in [-0.2, 0) is 42.2 Å². The van der Waals surface area contributed by atoms with E-state index < -0.39 is 37.2 Å². The molecular weight excluding hydrogens is 498 g/mol. The van der Waals surface area contributed by atoms with E-state index in [1.165, 1.54) is 0 Å². The lowest BCUT2D eigenvalue weighted by atomic mass is 9.84. The summed E-state index contributed by atoms with van der Waals surface area (Å²) in [6.07, 6.45) is -0.494. The van der Waals surface area contributed by atoms with Crippen LogP contribution in [0.3, 0.4) is 0 Å². The van der Waals surface area contributed by atoms with E-state index in [-0.39, 0.29) is 19.0 Å². The Hall–Kier alpha value is -3.13. The summed E-state index contributed by atoms with van der Waals surface area (Å²) in [5.74, 6) is -0.826. The monoisotopic (exact) mass is 541 g/mol. The molecule has 0 aliphatic heterocycles. The minimum atomic E-state index is -1.30. The molecule has 0 heterocycles. The number of hydrogen-bond donors (Lipinski definition) is 1. The quantitative estimate of drug-likeness (QED) is 0.212. The minimum absolute atomic E-state index is 0.0963. The molecule has 2 aromatic carbocycles. The van der Waals surface area contributed by atoms with Gasteiger partial charge < -0.3 is 19.5 Å². The zero-order valence-corrected chi connectivity index (χ0v) is 25.1. The first-order chi connectivity index (χ1) is 17.6. The smallest absolute Gasteiger partial charge is 0.408 e. The number of nitrogens with one attached hydrogen (secondary N) is 1. The Bertz CT molecular complexity index is 1070. The van der Waals surface area contributed by atoms with Crippen LogP contribution in [-0.4, -0.2) is 44.4 Å². The predicted octanol–water partition coefficient (Wildman–Crippen LogP) is 6.02. The fourth-order valence-electron chi connectivity index (χ4n) is 3.51. The van der Waals surface area contributed by atoms with Gasteiger partial charge in [-0.15, -0.1) is 0 Å². The van der Waals surface area contributed by atoms with Crippen molar-refractivity contribution in [3.05, 3.63) is 71.3 Å². The van der Waals surface area contributed by atoms with Crippen LogP contribution >= 0.6 is 0 Å². The summed E-state index contributed by atoms with van der Waals surface area (Å²) < 4.78 is 16.4. The number of ether oxygens (including phenoxy) is 3. The number of carbonyl (C=O) groups excluding carboxylic acids is 3. The van der Waals surface area contributed by atoms with Crippen LogP contribution in [0.4, 0.5) is 4.79 Å². The summed E-state index contributed by atoms with van der Waals surface area (Å²) in [5.41, 5.74) is 0.928. The Balaban J connectivity index is 2.11. The van der Waals surface area contributed by atoms with Crippen molar-refractivity contribution in [3.63, 3.8) is 0 Å². The normalized spacial score (nSPS) is 12.8. The Labute approximate surface area is 228 Å². The second-order valence-corrected chi connectivity index (χ2v) is 17.9. The molecule has 208 valence electrons. The van der Waals surface area contributed by atoms with E-state index in [2.05, 4.69) is 25.0 Å². The lowest BCUT2D eigenvalue weighted by Gasteiger charge is -2.25. The average Bonchev–Trinajstić information content (AvgIpc) is 2.81. The number of esters is 2. The first-order valence-corrected chi connectivity index (χ1v) is 16.7. The van der Waals surface area contributed by atoms with Crippen molar-refractivity contribution < 1.29 is 28.6 Å². The topological polar surface area (TPSA) is 90.9 Å². The molecule has 0 unspecified atom stereocenters. The molecule has 8 heteroatoms. The van der Waals surface area contributed by atoms with E-state index in [1.54, 1.807) is 20.8 Å². The maximum absolute atomic E-state index is 13.0. The summed E-state index contributed by atoms with van der Waals surface area (Å²) in [7, 11) is -1.30. The number of hydrogen-bond acceptors (Lipinski definition) is 6. The predicted molar refractivity (Wildman–Crippen MR) is 152 cm³/mol. The zero-order valence-electron chi connectivity index (χ0n) is 24.1. The Morgan fingerprint density at radius 3 is 2.00 bits per heavy atom. The highest BCUT2D eigenvalue weighted by molar-refractivity contribution is 6.76. The number of carbonyl (C=O) groups is 3. The van der Waals surface area contributed by atoms with Crippen LogP contribution in [0.2, 0.25) is 25.7 Å². The highest BCUT2D eigenvalue weighted by Gasteiger charge is 2.32. The molecule has 0 fully saturated rings. The van der Waals surface area contributed by atoms with E-state index in [9.17, 15) is 14.4 Å². The van der Waals surface area contributed by atoms with Crippen LogP contribution < -0.4 is 5.32 Å². The van der Waals surface area contributed by atoms with E-state index in [1.807, 2.05) is 68.4 Å². The van der Waals surface area contributed by atoms with Crippen molar-refractivity contribution >= 4 is 26.1 Å². The molecule has 0 aromatic heterocycles. The first-order valence-electron chi connectivity index (χ1n) is 13.0. The van der Waals surface area contributed by atoms with Gasteiger partial charge in [-0.25, -0.2) is 9.59 Å². The minimum Gasteiger partial charge on any atom is -0.465 e. The van der Waals surface area contributed by atoms with Gasteiger partial charge >= 0.3 is 18.0 Å². The van der Waals surface area contributed by atoms with Gasteiger partial charge in [0.15, 0.2) is 0 Å². The molecule has 2 aromatic rings. The number of amides is 1. The molecule has 0 aliphatic rings. The van der Waals surface area contributed by atoms with Crippen LogP contribution in [0.15, 0.2) is 54.6 Å². The molecule has 0 spiro atoms. The third-order valence-electron chi connectivity index (χ3n) is 5.91. The van der Waals surface area contributed by atoms with E-state index in [0.29, 0.717) is 6.61 Å². The van der Waals surface area contributed by atoms with Crippen LogP contribution in [0.5, 0.6) is 0 Å². The third-order valence-corrected chi connectivity index (χ3v) is 7.61. The second kappa shape index (κ2) is 13.1. The molecule has 1 atom stereocenters. The maximum atomic E-state index is 13.0. The van der Waals surface area contributed by atoms with Crippen LogP contribution in [0, 0.1) is 0 Å². The third kappa shape index (κ3) is 10.7. The van der Waals surface area contributed by atoms with Gasteiger partial charge in [0.25, 0.3) is 0 Å². The highest BCUT2D eigenvalue weighted by Crippen LogP contribution is 2.26. The molecule has 1 amide bonds. The average molecular weight is 542 g/mol. The van der Waals surface area contributed by atoms with E-state index >= 15 is 0 Å². The molecule has 0 saturated carbocycles. The van der Waals surface area contributed by atoms with Crippen LogP contribution in [0.1, 0.15) is 51.3 Å². The van der Waals surface area contributed by atoms with Crippen LogP contribution in [0.25, 0.3) is 0 Å². The zero-order chi connectivity index (χ0) is 28.6. The number of benzene rings is 2. The molecule has 2 rings (SSSR count). The Morgan fingerprint density at radius 2 is 1.45 bits per heavy atom. The molecule has 38 heavy (non-hydrogen) atoms. The maximum Gasteiger partial charge on any atom is 0.408 e. The van der Waals surface area contributed by atoms with Crippen molar-refractivity contribution in [3.8, 4) is 0 Å². The lowest BCUT2D eigenvalue weighted by molar-refractivity contribution is -0.149. The van der Waals surface area contributed by atoms with Crippen molar-refractivity contribution in [1.82, 2.24) is 5.32 Å². The van der Waals surface area contributed by atoms with Crippen molar-refractivity contribution in [2.45, 2.75) is 90.4 Å². The fraction of sp³-hybridized carbons (Fsp3) is 0.500. The van der Waals surface area contributed by atoms with Gasteiger partial charge in [-0.3, -0.25) is 4.79 Å². The molecule has 1 N–H and O–H groups in total. The fourth-order valence-corrected chi connectivity index (χ4v) is 4.23. The van der Waals surface area contributed by atoms with Crippen molar-refractivity contribution in [2.75, 3.05) is 6.61 Å². The van der Waals surface area contributed by atoms with Gasteiger partial charge in [-0.1, -0.05) is 74.2 Å². The van der Waals surface area contributed by atoms with Gasteiger partial charge in [0.05, 0.1) is 12.0 Å². The number of alkyl carbamates (subject to hydrolysis) is 1. The Morgan fingerprint density at radius 1 is 0.842 bits per heavy atom. The van der Waals surface area contributed by atoms with E-state index in [0.717, 1.165) is 22.7 Å². The molecule has 0 radical (unpaired) electrons. The van der Waals surface area contributed by atoms with Gasteiger partial charge in [0.1, 0.15) is 18.2 Å². The summed E-state index contributed by atoms with van der Waals surface area (Å²) in [6.45, 7) is 16.2.